The fraction of sp³-hybridized carbons (Fsp3) is 1.00. The van der Waals surface area contributed by atoms with Crippen LogP contribution in [-0.4, -0.2) is 11.2 Å². The van der Waals surface area contributed by atoms with E-state index in [2.05, 4.69) is 20.8 Å². The van der Waals surface area contributed by atoms with Crippen LogP contribution in [0.1, 0.15) is 48.0 Å². The van der Waals surface area contributed by atoms with Gasteiger partial charge < -0.3 is 4.74 Å². The van der Waals surface area contributed by atoms with Crippen molar-refractivity contribution in [3.63, 3.8) is 0 Å². The maximum absolute atomic E-state index is 6.14. The second kappa shape index (κ2) is 3.97. The average molecular weight is 193 g/mol. The molecule has 0 N–H and O–H groups in total. The van der Waals surface area contributed by atoms with Gasteiger partial charge in [0, 0.05) is 5.41 Å². The van der Waals surface area contributed by atoms with Crippen LogP contribution < -0.4 is 0 Å². The summed E-state index contributed by atoms with van der Waals surface area (Å²) >= 11 is 6.14. The first-order valence-electron chi connectivity index (χ1n) is 4.51. The Morgan fingerprint density at radius 2 is 1.58 bits per heavy atom. The Labute approximate surface area is 81.4 Å². The highest BCUT2D eigenvalue weighted by Crippen LogP contribution is 2.32. The minimum atomic E-state index is -0.206. The summed E-state index contributed by atoms with van der Waals surface area (Å²) in [4.78, 5) is 0. The van der Waals surface area contributed by atoms with Gasteiger partial charge in [0.05, 0.1) is 5.60 Å². The molecule has 2 heteroatoms. The molecular weight excluding hydrogens is 172 g/mol. The molecule has 0 spiro atoms. The van der Waals surface area contributed by atoms with E-state index in [0.717, 1.165) is 6.42 Å². The number of alkyl halides is 1. The summed E-state index contributed by atoms with van der Waals surface area (Å²) in [5.74, 6) is 0. The van der Waals surface area contributed by atoms with Crippen LogP contribution in [0.2, 0.25) is 0 Å². The van der Waals surface area contributed by atoms with E-state index in [0.29, 0.717) is 0 Å². The summed E-state index contributed by atoms with van der Waals surface area (Å²) in [6.45, 7) is 12.4. The van der Waals surface area contributed by atoms with E-state index in [9.17, 15) is 0 Å². The topological polar surface area (TPSA) is 9.23 Å². The molecule has 0 fully saturated rings. The van der Waals surface area contributed by atoms with Crippen molar-refractivity contribution < 1.29 is 4.74 Å². The van der Waals surface area contributed by atoms with Gasteiger partial charge in [0.25, 0.3) is 0 Å². The lowest BCUT2D eigenvalue weighted by atomic mass is 9.91. The fourth-order valence-electron chi connectivity index (χ4n) is 0.630. The molecule has 74 valence electrons. The molecule has 0 aliphatic heterocycles. The summed E-state index contributed by atoms with van der Waals surface area (Å²) in [6, 6.07) is 0. The summed E-state index contributed by atoms with van der Waals surface area (Å²) in [5.41, 5.74) is -0.309. The van der Waals surface area contributed by atoms with Crippen molar-refractivity contribution in [1.29, 1.82) is 0 Å². The fourth-order valence-corrected chi connectivity index (χ4v) is 1.05. The molecule has 0 aromatic rings. The summed E-state index contributed by atoms with van der Waals surface area (Å²) < 4.78 is 5.66. The van der Waals surface area contributed by atoms with Gasteiger partial charge in [0.15, 0.2) is 0 Å². The second-order valence-electron chi connectivity index (χ2n) is 4.89. The van der Waals surface area contributed by atoms with Crippen molar-refractivity contribution in [1.82, 2.24) is 0 Å². The molecule has 1 atom stereocenters. The Morgan fingerprint density at radius 3 is 1.83 bits per heavy atom. The van der Waals surface area contributed by atoms with Crippen molar-refractivity contribution in [3.8, 4) is 0 Å². The molecule has 0 rings (SSSR count). The van der Waals surface area contributed by atoms with Crippen LogP contribution in [0.4, 0.5) is 0 Å². The number of hydrogen-bond acceptors (Lipinski definition) is 1. The molecule has 0 saturated carbocycles. The first-order chi connectivity index (χ1) is 5.19. The van der Waals surface area contributed by atoms with Crippen LogP contribution in [0.5, 0.6) is 0 Å². The van der Waals surface area contributed by atoms with Gasteiger partial charge in [-0.3, -0.25) is 0 Å². The van der Waals surface area contributed by atoms with Crippen LogP contribution in [0, 0.1) is 5.41 Å². The molecule has 0 amide bonds. The second-order valence-corrected chi connectivity index (χ2v) is 5.28. The Morgan fingerprint density at radius 1 is 1.17 bits per heavy atom. The van der Waals surface area contributed by atoms with Crippen LogP contribution >= 0.6 is 11.6 Å². The molecule has 0 aliphatic rings. The molecule has 0 aromatic heterocycles. The third-order valence-corrected chi connectivity index (χ3v) is 2.66. The third kappa shape index (κ3) is 4.32. The zero-order valence-corrected chi connectivity index (χ0v) is 9.83. The van der Waals surface area contributed by atoms with E-state index in [1.165, 1.54) is 0 Å². The van der Waals surface area contributed by atoms with Crippen molar-refractivity contribution in [2.75, 3.05) is 0 Å². The van der Waals surface area contributed by atoms with E-state index >= 15 is 0 Å². The van der Waals surface area contributed by atoms with Crippen LogP contribution in [0.3, 0.4) is 0 Å². The summed E-state index contributed by atoms with van der Waals surface area (Å²) in [5, 5.41) is 0. The lowest BCUT2D eigenvalue weighted by Gasteiger charge is -2.33. The van der Waals surface area contributed by atoms with Crippen LogP contribution in [-0.2, 0) is 4.74 Å². The lowest BCUT2D eigenvalue weighted by Crippen LogP contribution is -2.33. The van der Waals surface area contributed by atoms with Crippen molar-refractivity contribution >= 4 is 11.6 Å². The Kier molecular flexibility index (Phi) is 4.05. The van der Waals surface area contributed by atoms with Crippen molar-refractivity contribution in [2.45, 2.75) is 59.1 Å². The van der Waals surface area contributed by atoms with Gasteiger partial charge in [-0.25, -0.2) is 0 Å². The molecule has 0 bridgehead atoms. The zero-order valence-electron chi connectivity index (χ0n) is 9.07. The quantitative estimate of drug-likeness (QED) is 0.619. The van der Waals surface area contributed by atoms with E-state index in [1.807, 2.05) is 20.8 Å². The first-order valence-corrected chi connectivity index (χ1v) is 4.94. The van der Waals surface area contributed by atoms with Crippen molar-refractivity contribution in [3.05, 3.63) is 0 Å². The van der Waals surface area contributed by atoms with Crippen molar-refractivity contribution in [2.24, 2.45) is 5.41 Å². The molecule has 0 aliphatic carbocycles. The molecule has 1 nitrogen and oxygen atoms in total. The van der Waals surface area contributed by atoms with E-state index in [-0.39, 0.29) is 16.6 Å². The van der Waals surface area contributed by atoms with Gasteiger partial charge in [-0.05, 0) is 27.2 Å². The molecule has 0 heterocycles. The third-order valence-electron chi connectivity index (χ3n) is 1.98. The molecule has 1 unspecified atom stereocenters. The maximum Gasteiger partial charge on any atom is 0.136 e. The summed E-state index contributed by atoms with van der Waals surface area (Å²) in [6.07, 6.45) is 1.03. The highest BCUT2D eigenvalue weighted by Gasteiger charge is 2.30. The molecule has 0 saturated heterocycles. The van der Waals surface area contributed by atoms with Gasteiger partial charge in [-0.15, -0.1) is 0 Å². The maximum atomic E-state index is 6.14. The minimum absolute atomic E-state index is 0.0504. The molecule has 0 aromatic carbocycles. The SMILES string of the molecule is CCC(C)(C)C(Cl)OC(C)(C)C. The largest absolute Gasteiger partial charge is 0.356 e. The number of hydrogen-bond donors (Lipinski definition) is 0. The van der Waals surface area contributed by atoms with E-state index in [4.69, 9.17) is 16.3 Å². The van der Waals surface area contributed by atoms with Gasteiger partial charge in [-0.1, -0.05) is 32.4 Å². The zero-order chi connectivity index (χ0) is 9.99. The standard InChI is InChI=1S/C10H21ClO/c1-7-10(5,6)8(11)12-9(2,3)4/h8H,7H2,1-6H3. The Balaban J connectivity index is 4.13. The monoisotopic (exact) mass is 192 g/mol. The smallest absolute Gasteiger partial charge is 0.136 e. The van der Waals surface area contributed by atoms with Gasteiger partial charge >= 0.3 is 0 Å². The normalized spacial score (nSPS) is 16.2. The van der Waals surface area contributed by atoms with E-state index < -0.39 is 0 Å². The minimum Gasteiger partial charge on any atom is -0.356 e. The van der Waals surface area contributed by atoms with E-state index in [1.54, 1.807) is 0 Å². The summed E-state index contributed by atoms with van der Waals surface area (Å²) in [7, 11) is 0. The Bertz CT molecular complexity index is 135. The average Bonchev–Trinajstić information content (AvgIpc) is 1.84. The van der Waals surface area contributed by atoms with Gasteiger partial charge in [0.1, 0.15) is 5.56 Å². The van der Waals surface area contributed by atoms with Crippen LogP contribution in [0.15, 0.2) is 0 Å². The molecular formula is C10H21ClO. The molecule has 0 radical (unpaired) electrons. The Hall–Kier alpha value is 0.250. The van der Waals surface area contributed by atoms with Crippen LogP contribution in [0.25, 0.3) is 0 Å². The number of ether oxygens (including phenoxy) is 1. The lowest BCUT2D eigenvalue weighted by molar-refractivity contribution is -0.0684. The number of halogens is 1. The first kappa shape index (κ1) is 12.2. The van der Waals surface area contributed by atoms with Gasteiger partial charge in [-0.2, -0.15) is 0 Å². The highest BCUT2D eigenvalue weighted by molar-refractivity contribution is 6.20. The predicted octanol–water partition coefficient (Wildman–Crippen LogP) is 3.80. The highest BCUT2D eigenvalue weighted by atomic mass is 35.5. The number of rotatable bonds is 3. The molecule has 12 heavy (non-hydrogen) atoms. The predicted molar refractivity (Wildman–Crippen MR) is 54.6 cm³/mol. The van der Waals surface area contributed by atoms with Gasteiger partial charge in [0.2, 0.25) is 0 Å².